The fourth-order valence-corrected chi connectivity index (χ4v) is 8.46. The predicted molar refractivity (Wildman–Crippen MR) is 147 cm³/mol. The summed E-state index contributed by atoms with van der Waals surface area (Å²) in [4.78, 5) is 27.2. The first-order chi connectivity index (χ1) is 17.7. The summed E-state index contributed by atoms with van der Waals surface area (Å²) in [6.45, 7) is 0. The summed E-state index contributed by atoms with van der Waals surface area (Å²) in [5.74, 6) is -0.299. The molecule has 0 aromatic heterocycles. The molecule has 0 radical (unpaired) electrons. The second kappa shape index (κ2) is 9.03. The molecule has 172 valence electrons. The van der Waals surface area contributed by atoms with Crippen LogP contribution in [0, 0.1) is 0 Å². The lowest BCUT2D eigenvalue weighted by Crippen LogP contribution is -2.25. The van der Waals surface area contributed by atoms with E-state index in [1.807, 2.05) is 66.7 Å². The predicted octanol–water partition coefficient (Wildman–Crippen LogP) is 6.27. The molecule has 0 unspecified atom stereocenters. The third-order valence-electron chi connectivity index (χ3n) is 6.58. The highest BCUT2D eigenvalue weighted by Gasteiger charge is 2.33. The fraction of sp³-hybridized carbons (Fsp3) is 0. The van der Waals surface area contributed by atoms with Gasteiger partial charge in [0.1, 0.15) is 0 Å². The Morgan fingerprint density at radius 2 is 0.833 bits per heavy atom. The molecule has 0 N–H and O–H groups in total. The van der Waals surface area contributed by atoms with Crippen molar-refractivity contribution in [2.24, 2.45) is 4.74 Å². The molecule has 0 atom stereocenters. The van der Waals surface area contributed by atoms with Gasteiger partial charge >= 0.3 is 0 Å². The summed E-state index contributed by atoms with van der Waals surface area (Å²) in [5.41, 5.74) is 2.22. The molecule has 6 rings (SSSR count). The third kappa shape index (κ3) is 3.48. The maximum Gasteiger partial charge on any atom is 0.196 e. The van der Waals surface area contributed by atoms with Crippen LogP contribution in [0.15, 0.2) is 138 Å². The van der Waals surface area contributed by atoms with Gasteiger partial charge in [-0.25, -0.2) is 0 Å². The summed E-state index contributed by atoms with van der Waals surface area (Å²) in [6.07, 6.45) is 0. The van der Waals surface area contributed by atoms with Gasteiger partial charge in [0.15, 0.2) is 11.6 Å². The normalized spacial score (nSPS) is 12.6. The van der Waals surface area contributed by atoms with E-state index in [-0.39, 0.29) is 11.6 Å². The molecule has 36 heavy (non-hydrogen) atoms. The van der Waals surface area contributed by atoms with Gasteiger partial charge in [0, 0.05) is 32.6 Å². The van der Waals surface area contributed by atoms with E-state index in [0.29, 0.717) is 27.9 Å². The maximum atomic E-state index is 13.8. The molecular formula is C32H22NO2P. The zero-order valence-electron chi connectivity index (χ0n) is 19.4. The van der Waals surface area contributed by atoms with Crippen LogP contribution in [0.4, 0.5) is 5.69 Å². The molecule has 0 saturated heterocycles. The Bertz CT molecular complexity index is 1560. The first-order valence-corrected chi connectivity index (χ1v) is 13.5. The van der Waals surface area contributed by atoms with Gasteiger partial charge < -0.3 is 0 Å². The van der Waals surface area contributed by atoms with E-state index < -0.39 is 7.05 Å². The van der Waals surface area contributed by atoms with Gasteiger partial charge in [0.25, 0.3) is 0 Å². The molecule has 0 bridgehead atoms. The van der Waals surface area contributed by atoms with E-state index in [4.69, 9.17) is 4.74 Å². The summed E-state index contributed by atoms with van der Waals surface area (Å²) < 4.78 is 5.51. The molecular weight excluding hydrogens is 461 g/mol. The molecule has 3 nitrogen and oxygen atoms in total. The molecule has 0 aliphatic heterocycles. The Balaban J connectivity index is 1.73. The largest absolute Gasteiger partial charge is 0.289 e. The number of ketones is 2. The molecule has 1 aliphatic carbocycles. The highest BCUT2D eigenvalue weighted by molar-refractivity contribution is 7.87. The van der Waals surface area contributed by atoms with Crippen molar-refractivity contribution in [2.45, 2.75) is 0 Å². The summed E-state index contributed by atoms with van der Waals surface area (Å²) in [6, 6.07) is 43.2. The lowest BCUT2D eigenvalue weighted by atomic mass is 9.83. The van der Waals surface area contributed by atoms with Crippen molar-refractivity contribution in [3.8, 4) is 0 Å². The first-order valence-electron chi connectivity index (χ1n) is 11.8. The number of hydrogen-bond donors (Lipinski definition) is 0. The molecule has 0 saturated carbocycles. The average Bonchev–Trinajstić information content (AvgIpc) is 2.96. The SMILES string of the molecule is O=C1c2ccccc2C(=O)c2c(N=P(c3ccccc3)(c3ccccc3)c3ccccc3)cccc21. The molecule has 0 fully saturated rings. The summed E-state index contributed by atoms with van der Waals surface area (Å²) >= 11 is 0. The van der Waals surface area contributed by atoms with Crippen molar-refractivity contribution in [1.29, 1.82) is 0 Å². The van der Waals surface area contributed by atoms with E-state index in [2.05, 4.69) is 36.4 Å². The fourth-order valence-electron chi connectivity index (χ4n) is 4.92. The van der Waals surface area contributed by atoms with Gasteiger partial charge in [-0.2, -0.15) is 0 Å². The summed E-state index contributed by atoms with van der Waals surface area (Å²) in [5, 5.41) is 3.24. The standard InChI is InChI=1S/C32H22NO2P/c34-31-26-19-10-11-20-27(26)32(35)30-28(31)21-12-22-29(30)33-36(23-13-4-1-5-14-23,24-15-6-2-7-16-24)25-17-8-3-9-18-25/h1-22H. The highest BCUT2D eigenvalue weighted by atomic mass is 31.2. The first kappa shape index (κ1) is 22.2. The number of carbonyl (C=O) groups is 2. The minimum atomic E-state index is -2.59. The van der Waals surface area contributed by atoms with Crippen molar-refractivity contribution in [3.63, 3.8) is 0 Å². The van der Waals surface area contributed by atoms with Gasteiger partial charge in [-0.15, -0.1) is 0 Å². The Hall–Kier alpha value is -4.33. The number of hydrogen-bond acceptors (Lipinski definition) is 3. The van der Waals surface area contributed by atoms with Crippen LogP contribution in [-0.2, 0) is 0 Å². The minimum Gasteiger partial charge on any atom is -0.289 e. The zero-order chi connectivity index (χ0) is 24.5. The molecule has 0 heterocycles. The van der Waals surface area contributed by atoms with Crippen molar-refractivity contribution < 1.29 is 9.59 Å². The number of benzene rings is 5. The van der Waals surface area contributed by atoms with E-state index in [1.165, 1.54) is 0 Å². The Labute approximate surface area is 210 Å². The smallest absolute Gasteiger partial charge is 0.196 e. The van der Waals surface area contributed by atoms with E-state index in [0.717, 1.165) is 15.9 Å². The number of rotatable bonds is 4. The molecule has 4 heteroatoms. The van der Waals surface area contributed by atoms with Crippen molar-refractivity contribution in [2.75, 3.05) is 0 Å². The van der Waals surface area contributed by atoms with Gasteiger partial charge in [-0.1, -0.05) is 127 Å². The Kier molecular flexibility index (Phi) is 5.56. The molecule has 1 aliphatic rings. The van der Waals surface area contributed by atoms with Gasteiger partial charge in [-0.05, 0) is 6.07 Å². The maximum absolute atomic E-state index is 13.8. The Morgan fingerprint density at radius 1 is 0.417 bits per heavy atom. The minimum absolute atomic E-state index is 0.139. The molecule has 5 aromatic carbocycles. The zero-order valence-corrected chi connectivity index (χ0v) is 20.3. The van der Waals surface area contributed by atoms with Crippen molar-refractivity contribution in [1.82, 2.24) is 0 Å². The lowest BCUT2D eigenvalue weighted by Gasteiger charge is -2.28. The second-order valence-corrected chi connectivity index (χ2v) is 11.7. The Morgan fingerprint density at radius 3 is 1.33 bits per heavy atom. The quantitative estimate of drug-likeness (QED) is 0.278. The van der Waals surface area contributed by atoms with E-state index in [9.17, 15) is 9.59 Å². The van der Waals surface area contributed by atoms with Crippen LogP contribution in [0.3, 0.4) is 0 Å². The van der Waals surface area contributed by atoms with Crippen LogP contribution >= 0.6 is 7.05 Å². The third-order valence-corrected chi connectivity index (χ3v) is 10.2. The van der Waals surface area contributed by atoms with Crippen molar-refractivity contribution in [3.05, 3.63) is 156 Å². The van der Waals surface area contributed by atoms with Crippen LogP contribution in [-0.4, -0.2) is 11.6 Å². The molecule has 5 aromatic rings. The van der Waals surface area contributed by atoms with Crippen LogP contribution in [0.1, 0.15) is 31.8 Å². The van der Waals surface area contributed by atoms with Crippen LogP contribution in [0.25, 0.3) is 0 Å². The van der Waals surface area contributed by atoms with E-state index in [1.54, 1.807) is 30.3 Å². The van der Waals surface area contributed by atoms with Crippen LogP contribution in [0.5, 0.6) is 0 Å². The van der Waals surface area contributed by atoms with E-state index >= 15 is 0 Å². The number of nitrogens with zero attached hydrogens (tertiary/aromatic N) is 1. The van der Waals surface area contributed by atoms with Gasteiger partial charge in [0.2, 0.25) is 0 Å². The van der Waals surface area contributed by atoms with Crippen LogP contribution < -0.4 is 15.9 Å². The molecule has 0 spiro atoms. The van der Waals surface area contributed by atoms with Crippen molar-refractivity contribution >= 4 is 40.2 Å². The average molecular weight is 484 g/mol. The van der Waals surface area contributed by atoms with Gasteiger partial charge in [0.05, 0.1) is 18.3 Å². The topological polar surface area (TPSA) is 46.5 Å². The van der Waals surface area contributed by atoms with Gasteiger partial charge in [-0.3, -0.25) is 14.3 Å². The number of fused-ring (bicyclic) bond motifs is 2. The lowest BCUT2D eigenvalue weighted by molar-refractivity contribution is 0.0979. The summed E-state index contributed by atoms with van der Waals surface area (Å²) in [7, 11) is -2.59. The monoisotopic (exact) mass is 483 g/mol. The second-order valence-electron chi connectivity index (χ2n) is 8.65. The molecule has 0 amide bonds. The van der Waals surface area contributed by atoms with Crippen LogP contribution in [0.2, 0.25) is 0 Å². The number of carbonyl (C=O) groups excluding carboxylic acids is 2. The highest BCUT2D eigenvalue weighted by Crippen LogP contribution is 2.50.